The van der Waals surface area contributed by atoms with Crippen molar-refractivity contribution < 1.29 is 0 Å². The first kappa shape index (κ1) is 11.5. The van der Waals surface area contributed by atoms with Gasteiger partial charge in [-0.1, -0.05) is 6.92 Å². The molecule has 2 heterocycles. The lowest BCUT2D eigenvalue weighted by Gasteiger charge is -2.00. The first-order valence-corrected chi connectivity index (χ1v) is 6.51. The van der Waals surface area contributed by atoms with Gasteiger partial charge in [0.05, 0.1) is 15.6 Å². The van der Waals surface area contributed by atoms with Gasteiger partial charge < -0.3 is 0 Å². The predicted molar refractivity (Wildman–Crippen MR) is 68.3 cm³/mol. The number of nitrogens with zero attached hydrogens (tertiary/aromatic N) is 3. The molecule has 6 heteroatoms. The van der Waals surface area contributed by atoms with Gasteiger partial charge in [0.15, 0.2) is 10.6 Å². The molecule has 2 rings (SSSR count). The minimum Gasteiger partial charge on any atom is -0.300 e. The molecule has 0 saturated heterocycles. The lowest BCUT2D eigenvalue weighted by molar-refractivity contribution is 0.756. The zero-order valence-corrected chi connectivity index (χ0v) is 11.2. The van der Waals surface area contributed by atoms with Crippen LogP contribution in [0.3, 0.4) is 0 Å². The molecule has 0 aliphatic rings. The highest BCUT2D eigenvalue weighted by Gasteiger charge is 2.14. The molecule has 0 aliphatic carbocycles. The molecule has 0 atom stereocenters. The Hall–Kier alpha value is -1.01. The Morgan fingerprint density at radius 1 is 1.44 bits per heavy atom. The number of aryl methyl sites for hydroxylation is 2. The second-order valence-corrected chi connectivity index (χ2v) is 4.94. The summed E-state index contributed by atoms with van der Waals surface area (Å²) < 4.78 is 2.67. The van der Waals surface area contributed by atoms with Crippen LogP contribution in [0.25, 0.3) is 10.7 Å². The summed E-state index contributed by atoms with van der Waals surface area (Å²) in [6.45, 7) is 7.01. The molecule has 0 aromatic carbocycles. The summed E-state index contributed by atoms with van der Waals surface area (Å²) in [4.78, 5) is 5.62. The average molecular weight is 254 g/mol. The van der Waals surface area contributed by atoms with E-state index in [9.17, 15) is 0 Å². The molecule has 0 bridgehead atoms. The molecule has 86 valence electrons. The van der Waals surface area contributed by atoms with Gasteiger partial charge >= 0.3 is 0 Å². The maximum atomic E-state index is 5.18. The van der Waals surface area contributed by atoms with Crippen LogP contribution in [0.5, 0.6) is 0 Å². The molecule has 16 heavy (non-hydrogen) atoms. The molecular formula is C10H14N4S2. The largest absolute Gasteiger partial charge is 0.300 e. The van der Waals surface area contributed by atoms with Crippen LogP contribution in [0, 0.1) is 11.7 Å². The smallest absolute Gasteiger partial charge is 0.195 e. The molecule has 2 aromatic rings. The van der Waals surface area contributed by atoms with Crippen LogP contribution in [0.4, 0.5) is 0 Å². The highest BCUT2D eigenvalue weighted by molar-refractivity contribution is 7.71. The molecule has 4 nitrogen and oxygen atoms in total. The summed E-state index contributed by atoms with van der Waals surface area (Å²) in [5, 5.41) is 8.26. The first-order valence-electron chi connectivity index (χ1n) is 5.29. The number of rotatable bonds is 3. The fraction of sp³-hybridized carbons (Fsp3) is 0.500. The standard InChI is InChI=1S/C10H14N4S2/c1-4-7-11-6(3)8(16-7)9-12-13-10(15)14(9)5-2/h4-5H2,1-3H3,(H,13,15). The Labute approximate surface area is 103 Å². The second kappa shape index (κ2) is 4.47. The molecule has 0 unspecified atom stereocenters. The van der Waals surface area contributed by atoms with Gasteiger partial charge in [0.2, 0.25) is 0 Å². The Kier molecular flexibility index (Phi) is 3.20. The number of nitrogens with one attached hydrogen (secondary N) is 1. The molecule has 0 radical (unpaired) electrons. The van der Waals surface area contributed by atoms with Crippen molar-refractivity contribution in [2.45, 2.75) is 33.7 Å². The summed E-state index contributed by atoms with van der Waals surface area (Å²) in [5.41, 5.74) is 1.03. The SMILES string of the molecule is CCc1nc(C)c(-c2n[nH]c(=S)n2CC)s1. The number of H-pyrrole nitrogens is 1. The van der Waals surface area contributed by atoms with Crippen molar-refractivity contribution in [2.24, 2.45) is 0 Å². The van der Waals surface area contributed by atoms with Gasteiger partial charge in [-0.15, -0.1) is 11.3 Å². The summed E-state index contributed by atoms with van der Waals surface area (Å²) >= 11 is 6.87. The van der Waals surface area contributed by atoms with Crippen LogP contribution in [-0.2, 0) is 13.0 Å². The predicted octanol–water partition coefficient (Wildman–Crippen LogP) is 2.95. The molecule has 0 aliphatic heterocycles. The van der Waals surface area contributed by atoms with E-state index in [-0.39, 0.29) is 0 Å². The Balaban J connectivity index is 2.57. The van der Waals surface area contributed by atoms with Crippen molar-refractivity contribution in [3.63, 3.8) is 0 Å². The van der Waals surface area contributed by atoms with E-state index in [0.29, 0.717) is 4.77 Å². The molecule has 0 amide bonds. The van der Waals surface area contributed by atoms with E-state index in [0.717, 1.165) is 34.4 Å². The third-order valence-corrected chi connectivity index (χ3v) is 4.03. The highest BCUT2D eigenvalue weighted by atomic mass is 32.1. The van der Waals surface area contributed by atoms with Crippen LogP contribution in [0.1, 0.15) is 24.5 Å². The van der Waals surface area contributed by atoms with Crippen LogP contribution >= 0.6 is 23.6 Å². The van der Waals surface area contributed by atoms with E-state index >= 15 is 0 Å². The van der Waals surface area contributed by atoms with Crippen molar-refractivity contribution in [3.05, 3.63) is 15.5 Å². The van der Waals surface area contributed by atoms with Crippen LogP contribution in [0.15, 0.2) is 0 Å². The Morgan fingerprint density at radius 3 is 2.75 bits per heavy atom. The van der Waals surface area contributed by atoms with Crippen molar-refractivity contribution in [1.82, 2.24) is 19.7 Å². The fourth-order valence-electron chi connectivity index (χ4n) is 1.60. The quantitative estimate of drug-likeness (QED) is 0.857. The zero-order valence-electron chi connectivity index (χ0n) is 9.57. The van der Waals surface area contributed by atoms with Gasteiger partial charge in [-0.2, -0.15) is 5.10 Å². The summed E-state index contributed by atoms with van der Waals surface area (Å²) in [6.07, 6.45) is 0.961. The third-order valence-electron chi connectivity index (χ3n) is 2.42. The molecule has 2 aromatic heterocycles. The van der Waals surface area contributed by atoms with Crippen molar-refractivity contribution in [1.29, 1.82) is 0 Å². The van der Waals surface area contributed by atoms with Crippen LogP contribution in [-0.4, -0.2) is 19.7 Å². The molecule has 0 fully saturated rings. The van der Waals surface area contributed by atoms with Crippen LogP contribution < -0.4 is 0 Å². The van der Waals surface area contributed by atoms with Crippen molar-refractivity contribution in [3.8, 4) is 10.7 Å². The number of aromatic amines is 1. The van der Waals surface area contributed by atoms with Gasteiger partial charge in [0.25, 0.3) is 0 Å². The monoisotopic (exact) mass is 254 g/mol. The van der Waals surface area contributed by atoms with E-state index < -0.39 is 0 Å². The number of hydrogen-bond acceptors (Lipinski definition) is 4. The van der Waals surface area contributed by atoms with Gasteiger partial charge in [0, 0.05) is 6.54 Å². The normalized spacial score (nSPS) is 10.9. The molecule has 0 spiro atoms. The first-order chi connectivity index (χ1) is 7.67. The topological polar surface area (TPSA) is 46.5 Å². The maximum absolute atomic E-state index is 5.18. The minimum atomic E-state index is 0.670. The lowest BCUT2D eigenvalue weighted by atomic mass is 10.3. The van der Waals surface area contributed by atoms with Gasteiger partial charge in [-0.05, 0) is 32.5 Å². The summed E-state index contributed by atoms with van der Waals surface area (Å²) in [6, 6.07) is 0. The van der Waals surface area contributed by atoms with E-state index in [2.05, 4.69) is 29.0 Å². The molecule has 1 N–H and O–H groups in total. The second-order valence-electron chi connectivity index (χ2n) is 3.47. The van der Waals surface area contributed by atoms with E-state index in [1.54, 1.807) is 11.3 Å². The number of aromatic nitrogens is 4. The zero-order chi connectivity index (χ0) is 11.7. The maximum Gasteiger partial charge on any atom is 0.195 e. The third kappa shape index (κ3) is 1.82. The fourth-order valence-corrected chi connectivity index (χ4v) is 2.86. The molecule has 0 saturated carbocycles. The summed E-state index contributed by atoms with van der Waals surface area (Å²) in [7, 11) is 0. The van der Waals surface area contributed by atoms with Gasteiger partial charge in [-0.25, -0.2) is 4.98 Å². The highest BCUT2D eigenvalue weighted by Crippen LogP contribution is 2.28. The minimum absolute atomic E-state index is 0.670. The number of thiazole rings is 1. The number of hydrogen-bond donors (Lipinski definition) is 1. The molecular weight excluding hydrogens is 240 g/mol. The lowest BCUT2D eigenvalue weighted by Crippen LogP contribution is -1.97. The van der Waals surface area contributed by atoms with E-state index in [1.165, 1.54) is 0 Å². The van der Waals surface area contributed by atoms with Crippen LogP contribution in [0.2, 0.25) is 0 Å². The van der Waals surface area contributed by atoms with Crippen molar-refractivity contribution in [2.75, 3.05) is 0 Å². The Morgan fingerprint density at radius 2 is 2.19 bits per heavy atom. The van der Waals surface area contributed by atoms with E-state index in [1.807, 2.05) is 11.5 Å². The summed E-state index contributed by atoms with van der Waals surface area (Å²) in [5.74, 6) is 0.905. The average Bonchev–Trinajstić information content (AvgIpc) is 2.81. The Bertz CT molecular complexity index is 549. The van der Waals surface area contributed by atoms with Crippen molar-refractivity contribution >= 4 is 23.6 Å². The van der Waals surface area contributed by atoms with E-state index in [4.69, 9.17) is 12.2 Å². The van der Waals surface area contributed by atoms with Gasteiger partial charge in [-0.3, -0.25) is 9.67 Å². The van der Waals surface area contributed by atoms with Gasteiger partial charge in [0.1, 0.15) is 0 Å².